The molecule has 15 heavy (non-hydrogen) atoms. The second-order valence-corrected chi connectivity index (χ2v) is 3.80. The van der Waals surface area contributed by atoms with Crippen LogP contribution in [0.3, 0.4) is 0 Å². The zero-order valence-electron chi connectivity index (χ0n) is 7.38. The highest BCUT2D eigenvalue weighted by molar-refractivity contribution is 9.10. The van der Waals surface area contributed by atoms with Crippen molar-refractivity contribution in [2.75, 3.05) is 0 Å². The van der Waals surface area contributed by atoms with Crippen molar-refractivity contribution in [3.05, 3.63) is 34.4 Å². The van der Waals surface area contributed by atoms with E-state index in [-0.39, 0.29) is 17.6 Å². The van der Waals surface area contributed by atoms with Crippen molar-refractivity contribution in [2.24, 2.45) is 0 Å². The van der Waals surface area contributed by atoms with Crippen LogP contribution in [0.1, 0.15) is 5.89 Å². The normalized spacial score (nSPS) is 10.6. The van der Waals surface area contributed by atoms with E-state index in [1.54, 1.807) is 12.1 Å². The monoisotopic (exact) mass is 290 g/mol. The second-order valence-electron chi connectivity index (χ2n) is 2.74. The van der Waals surface area contributed by atoms with Gasteiger partial charge in [-0.3, -0.25) is 0 Å². The third kappa shape index (κ3) is 2.03. The van der Waals surface area contributed by atoms with Gasteiger partial charge in [0, 0.05) is 0 Å². The molecular formula is C9H5BrClFN2O. The van der Waals surface area contributed by atoms with Crippen LogP contribution in [-0.4, -0.2) is 10.2 Å². The first-order valence-electron chi connectivity index (χ1n) is 4.05. The molecule has 0 atom stereocenters. The Hall–Kier alpha value is -0.940. The highest BCUT2D eigenvalue weighted by atomic mass is 79.9. The van der Waals surface area contributed by atoms with Gasteiger partial charge in [-0.15, -0.1) is 21.8 Å². The summed E-state index contributed by atoms with van der Waals surface area (Å²) < 4.78 is 18.7. The number of alkyl halides is 1. The first-order chi connectivity index (χ1) is 7.22. The zero-order chi connectivity index (χ0) is 10.8. The molecule has 6 heteroatoms. The van der Waals surface area contributed by atoms with Crippen molar-refractivity contribution in [1.29, 1.82) is 0 Å². The molecule has 2 rings (SSSR count). The maximum absolute atomic E-state index is 13.2. The summed E-state index contributed by atoms with van der Waals surface area (Å²) in [6, 6.07) is 4.59. The molecule has 0 unspecified atom stereocenters. The van der Waals surface area contributed by atoms with Gasteiger partial charge in [-0.2, -0.15) is 0 Å². The number of aromatic nitrogens is 2. The Morgan fingerprint density at radius 1 is 1.40 bits per heavy atom. The summed E-state index contributed by atoms with van der Waals surface area (Å²) in [4.78, 5) is 0. The molecule has 0 bridgehead atoms. The molecular weight excluding hydrogens is 286 g/mol. The Labute approximate surface area is 98.4 Å². The van der Waals surface area contributed by atoms with E-state index >= 15 is 0 Å². The van der Waals surface area contributed by atoms with Crippen molar-refractivity contribution in [3.63, 3.8) is 0 Å². The van der Waals surface area contributed by atoms with Gasteiger partial charge in [0.15, 0.2) is 0 Å². The fourth-order valence-electron chi connectivity index (χ4n) is 1.09. The standard InChI is InChI=1S/C9H5BrClFN2O/c10-8-5(2-1-3-6(8)12)9-14-13-7(4-11)15-9/h1-3H,4H2. The van der Waals surface area contributed by atoms with Gasteiger partial charge in [-0.25, -0.2) is 4.39 Å². The number of hydrogen-bond acceptors (Lipinski definition) is 3. The minimum Gasteiger partial charge on any atom is -0.419 e. The SMILES string of the molecule is Fc1cccc(-c2nnc(CCl)o2)c1Br. The van der Waals surface area contributed by atoms with Gasteiger partial charge in [0.2, 0.25) is 11.8 Å². The number of rotatable bonds is 2. The molecule has 0 aliphatic heterocycles. The summed E-state index contributed by atoms with van der Waals surface area (Å²) in [5, 5.41) is 7.45. The lowest BCUT2D eigenvalue weighted by molar-refractivity contribution is 0.526. The van der Waals surface area contributed by atoms with Gasteiger partial charge in [0.1, 0.15) is 11.7 Å². The minimum atomic E-state index is -0.377. The lowest BCUT2D eigenvalue weighted by Crippen LogP contribution is -1.83. The summed E-state index contributed by atoms with van der Waals surface area (Å²) in [6.07, 6.45) is 0. The lowest BCUT2D eigenvalue weighted by Gasteiger charge is -1.99. The molecule has 1 aromatic carbocycles. The second kappa shape index (κ2) is 4.28. The summed E-state index contributed by atoms with van der Waals surface area (Å²) in [5.41, 5.74) is 0.513. The van der Waals surface area contributed by atoms with Gasteiger partial charge >= 0.3 is 0 Å². The molecule has 0 aliphatic carbocycles. The largest absolute Gasteiger partial charge is 0.419 e. The predicted octanol–water partition coefficient (Wildman–Crippen LogP) is 3.38. The average Bonchev–Trinajstić information content (AvgIpc) is 2.70. The van der Waals surface area contributed by atoms with E-state index in [1.807, 2.05) is 0 Å². The van der Waals surface area contributed by atoms with E-state index in [0.717, 1.165) is 0 Å². The molecule has 2 aromatic rings. The van der Waals surface area contributed by atoms with E-state index < -0.39 is 0 Å². The topological polar surface area (TPSA) is 38.9 Å². The van der Waals surface area contributed by atoms with Crippen LogP contribution in [0.4, 0.5) is 4.39 Å². The van der Waals surface area contributed by atoms with Gasteiger partial charge in [0.05, 0.1) is 10.0 Å². The zero-order valence-corrected chi connectivity index (χ0v) is 9.72. The van der Waals surface area contributed by atoms with Crippen LogP contribution in [0.2, 0.25) is 0 Å². The van der Waals surface area contributed by atoms with E-state index in [2.05, 4.69) is 26.1 Å². The molecule has 0 fully saturated rings. The van der Waals surface area contributed by atoms with Crippen LogP contribution in [0, 0.1) is 5.82 Å². The fourth-order valence-corrected chi connectivity index (χ4v) is 1.63. The molecule has 0 amide bonds. The van der Waals surface area contributed by atoms with E-state index in [0.29, 0.717) is 15.9 Å². The average molecular weight is 292 g/mol. The van der Waals surface area contributed by atoms with E-state index in [4.69, 9.17) is 16.0 Å². The van der Waals surface area contributed by atoms with Crippen LogP contribution in [0.5, 0.6) is 0 Å². The molecule has 0 spiro atoms. The van der Waals surface area contributed by atoms with Crippen molar-refractivity contribution in [2.45, 2.75) is 5.88 Å². The molecule has 0 saturated heterocycles. The summed E-state index contributed by atoms with van der Waals surface area (Å²) in [7, 11) is 0. The Morgan fingerprint density at radius 3 is 2.87 bits per heavy atom. The molecule has 1 heterocycles. The van der Waals surface area contributed by atoms with Gasteiger partial charge in [-0.1, -0.05) is 6.07 Å². The van der Waals surface area contributed by atoms with E-state index in [1.165, 1.54) is 6.07 Å². The quantitative estimate of drug-likeness (QED) is 0.796. The van der Waals surface area contributed by atoms with Crippen molar-refractivity contribution in [3.8, 4) is 11.5 Å². The van der Waals surface area contributed by atoms with Crippen molar-refractivity contribution >= 4 is 27.5 Å². The Balaban J connectivity index is 2.49. The first kappa shape index (κ1) is 10.6. The third-order valence-electron chi connectivity index (χ3n) is 1.76. The fraction of sp³-hybridized carbons (Fsp3) is 0.111. The molecule has 0 aliphatic rings. The molecule has 0 radical (unpaired) electrons. The van der Waals surface area contributed by atoms with Crippen LogP contribution >= 0.6 is 27.5 Å². The van der Waals surface area contributed by atoms with Gasteiger partial charge < -0.3 is 4.42 Å². The summed E-state index contributed by atoms with van der Waals surface area (Å²) in [5.74, 6) is 0.318. The molecule has 78 valence electrons. The van der Waals surface area contributed by atoms with Crippen LogP contribution in [-0.2, 0) is 5.88 Å². The van der Waals surface area contributed by atoms with Crippen molar-refractivity contribution in [1.82, 2.24) is 10.2 Å². The number of halogens is 3. The predicted molar refractivity (Wildman–Crippen MR) is 56.9 cm³/mol. The van der Waals surface area contributed by atoms with E-state index in [9.17, 15) is 4.39 Å². The molecule has 0 N–H and O–H groups in total. The minimum absolute atomic E-state index is 0.139. The molecule has 3 nitrogen and oxygen atoms in total. The summed E-state index contributed by atoms with van der Waals surface area (Å²) >= 11 is 8.63. The third-order valence-corrected chi connectivity index (χ3v) is 2.80. The number of benzene rings is 1. The Kier molecular flexibility index (Phi) is 3.02. The van der Waals surface area contributed by atoms with Crippen LogP contribution < -0.4 is 0 Å². The number of hydrogen-bond donors (Lipinski definition) is 0. The summed E-state index contributed by atoms with van der Waals surface area (Å²) in [6.45, 7) is 0. The highest BCUT2D eigenvalue weighted by Gasteiger charge is 2.13. The van der Waals surface area contributed by atoms with Gasteiger partial charge in [0.25, 0.3) is 0 Å². The first-order valence-corrected chi connectivity index (χ1v) is 5.38. The molecule has 1 aromatic heterocycles. The number of nitrogens with zero attached hydrogens (tertiary/aromatic N) is 2. The van der Waals surface area contributed by atoms with Crippen molar-refractivity contribution < 1.29 is 8.81 Å². The lowest BCUT2D eigenvalue weighted by atomic mass is 10.2. The maximum Gasteiger partial charge on any atom is 0.249 e. The van der Waals surface area contributed by atoms with Crippen LogP contribution in [0.25, 0.3) is 11.5 Å². The Morgan fingerprint density at radius 2 is 2.20 bits per heavy atom. The Bertz CT molecular complexity index is 489. The smallest absolute Gasteiger partial charge is 0.249 e. The van der Waals surface area contributed by atoms with Gasteiger partial charge in [-0.05, 0) is 28.1 Å². The van der Waals surface area contributed by atoms with Crippen LogP contribution in [0.15, 0.2) is 27.1 Å². The molecule has 0 saturated carbocycles. The maximum atomic E-state index is 13.2. The highest BCUT2D eigenvalue weighted by Crippen LogP contribution is 2.29.